The van der Waals surface area contributed by atoms with Crippen LogP contribution in [-0.4, -0.2) is 0 Å². The zero-order valence-electron chi connectivity index (χ0n) is 33.8. The molecule has 10 aromatic rings. The monoisotopic (exact) mass is 777 g/mol. The standard InChI is InChI=1S/C60H43N/c1-5-19-44(20-6-1)47-33-35-48(36-34-47)49-37-39-53(40-38-49)61(54-42-51(45-21-7-2-8-22-45)41-52(43-54)46-23-9-3-10-24-46)60-32-18-17-31-59(60)58-30-16-15-29-57(58)56-28-14-13-27-55(56)50-25-11-4-12-26-50/h1-43H. The van der Waals surface area contributed by atoms with Crippen LogP contribution < -0.4 is 4.90 Å². The molecule has 0 unspecified atom stereocenters. The van der Waals surface area contributed by atoms with Gasteiger partial charge in [0.2, 0.25) is 0 Å². The van der Waals surface area contributed by atoms with Crippen molar-refractivity contribution in [3.8, 4) is 77.9 Å². The predicted octanol–water partition coefficient (Wildman–Crippen LogP) is 16.8. The molecule has 10 rings (SSSR count). The van der Waals surface area contributed by atoms with E-state index in [0.29, 0.717) is 0 Å². The van der Waals surface area contributed by atoms with Crippen LogP contribution in [0.1, 0.15) is 0 Å². The largest absolute Gasteiger partial charge is 0.310 e. The summed E-state index contributed by atoms with van der Waals surface area (Å²) in [7, 11) is 0. The minimum atomic E-state index is 1.07. The maximum atomic E-state index is 2.44. The topological polar surface area (TPSA) is 3.24 Å². The third kappa shape index (κ3) is 7.81. The number of rotatable bonds is 10. The first kappa shape index (κ1) is 37.3. The summed E-state index contributed by atoms with van der Waals surface area (Å²) in [5.41, 5.74) is 19.8. The number of benzene rings is 10. The van der Waals surface area contributed by atoms with Gasteiger partial charge in [-0.25, -0.2) is 0 Å². The normalized spacial score (nSPS) is 11.0. The van der Waals surface area contributed by atoms with Crippen molar-refractivity contribution >= 4 is 17.1 Å². The van der Waals surface area contributed by atoms with Gasteiger partial charge in [-0.1, -0.05) is 224 Å². The minimum absolute atomic E-state index is 1.07. The number of anilines is 3. The van der Waals surface area contributed by atoms with E-state index in [1.54, 1.807) is 0 Å². The summed E-state index contributed by atoms with van der Waals surface area (Å²) in [5, 5.41) is 0. The molecule has 0 saturated heterocycles. The third-order valence-electron chi connectivity index (χ3n) is 11.5. The van der Waals surface area contributed by atoms with Gasteiger partial charge < -0.3 is 4.90 Å². The Labute approximate surface area is 359 Å². The van der Waals surface area contributed by atoms with Crippen molar-refractivity contribution in [1.82, 2.24) is 0 Å². The Morgan fingerprint density at radius 3 is 0.967 bits per heavy atom. The van der Waals surface area contributed by atoms with Crippen molar-refractivity contribution in [3.63, 3.8) is 0 Å². The van der Waals surface area contributed by atoms with E-state index >= 15 is 0 Å². The van der Waals surface area contributed by atoms with Crippen molar-refractivity contribution in [2.24, 2.45) is 0 Å². The lowest BCUT2D eigenvalue weighted by atomic mass is 9.88. The van der Waals surface area contributed by atoms with E-state index in [1.807, 2.05) is 0 Å². The van der Waals surface area contributed by atoms with E-state index in [9.17, 15) is 0 Å². The highest BCUT2D eigenvalue weighted by atomic mass is 15.1. The Balaban J connectivity index is 1.15. The van der Waals surface area contributed by atoms with Gasteiger partial charge in [0.15, 0.2) is 0 Å². The molecular formula is C60H43N. The fourth-order valence-electron chi connectivity index (χ4n) is 8.49. The predicted molar refractivity (Wildman–Crippen MR) is 259 cm³/mol. The highest BCUT2D eigenvalue weighted by molar-refractivity contribution is 5.98. The maximum Gasteiger partial charge on any atom is 0.0540 e. The van der Waals surface area contributed by atoms with Crippen LogP contribution in [0.5, 0.6) is 0 Å². The van der Waals surface area contributed by atoms with Crippen LogP contribution in [0.15, 0.2) is 261 Å². The molecule has 0 atom stereocenters. The second-order valence-corrected chi connectivity index (χ2v) is 15.3. The van der Waals surface area contributed by atoms with Gasteiger partial charge in [0.1, 0.15) is 0 Å². The lowest BCUT2D eigenvalue weighted by molar-refractivity contribution is 1.28. The fraction of sp³-hybridized carbons (Fsp3) is 0. The molecule has 1 nitrogen and oxygen atoms in total. The highest BCUT2D eigenvalue weighted by Crippen LogP contribution is 2.47. The molecule has 0 aliphatic carbocycles. The maximum absolute atomic E-state index is 2.44. The summed E-state index contributed by atoms with van der Waals surface area (Å²) in [4.78, 5) is 2.44. The Bertz CT molecular complexity index is 2970. The summed E-state index contributed by atoms with van der Waals surface area (Å²) >= 11 is 0. The Hall–Kier alpha value is -8.00. The third-order valence-corrected chi connectivity index (χ3v) is 11.5. The first-order chi connectivity index (χ1) is 30.3. The highest BCUT2D eigenvalue weighted by Gasteiger charge is 2.21. The molecule has 10 aromatic carbocycles. The second-order valence-electron chi connectivity index (χ2n) is 15.3. The molecular weight excluding hydrogens is 735 g/mol. The summed E-state index contributed by atoms with van der Waals surface area (Å²) in [6, 6.07) is 94.1. The molecule has 0 aliphatic heterocycles. The molecule has 0 bridgehead atoms. The Kier molecular flexibility index (Phi) is 10.4. The van der Waals surface area contributed by atoms with Gasteiger partial charge in [-0.3, -0.25) is 0 Å². The summed E-state index contributed by atoms with van der Waals surface area (Å²) in [6.07, 6.45) is 0. The molecule has 0 radical (unpaired) electrons. The van der Waals surface area contributed by atoms with Crippen LogP contribution in [0.25, 0.3) is 77.9 Å². The molecule has 0 spiro atoms. The smallest absolute Gasteiger partial charge is 0.0540 e. The van der Waals surface area contributed by atoms with E-state index in [1.165, 1.54) is 61.2 Å². The van der Waals surface area contributed by atoms with Crippen LogP contribution in [0.4, 0.5) is 17.1 Å². The van der Waals surface area contributed by atoms with Crippen molar-refractivity contribution in [2.45, 2.75) is 0 Å². The molecule has 0 amide bonds. The first-order valence-electron chi connectivity index (χ1n) is 20.9. The van der Waals surface area contributed by atoms with Gasteiger partial charge in [0.05, 0.1) is 5.69 Å². The Morgan fingerprint density at radius 2 is 0.492 bits per heavy atom. The number of para-hydroxylation sites is 1. The quantitative estimate of drug-likeness (QED) is 0.134. The number of nitrogens with zero attached hydrogens (tertiary/aromatic N) is 1. The van der Waals surface area contributed by atoms with Crippen LogP contribution in [0, 0.1) is 0 Å². The zero-order valence-corrected chi connectivity index (χ0v) is 33.8. The van der Waals surface area contributed by atoms with E-state index in [0.717, 1.165) is 33.8 Å². The number of hydrogen-bond donors (Lipinski definition) is 0. The van der Waals surface area contributed by atoms with Gasteiger partial charge in [-0.2, -0.15) is 0 Å². The molecule has 1 heteroatoms. The van der Waals surface area contributed by atoms with E-state index < -0.39 is 0 Å². The van der Waals surface area contributed by atoms with Gasteiger partial charge in [0, 0.05) is 16.9 Å². The van der Waals surface area contributed by atoms with Crippen molar-refractivity contribution < 1.29 is 0 Å². The molecule has 0 aromatic heterocycles. The van der Waals surface area contributed by atoms with Crippen LogP contribution >= 0.6 is 0 Å². The first-order valence-corrected chi connectivity index (χ1v) is 20.9. The van der Waals surface area contributed by atoms with Gasteiger partial charge >= 0.3 is 0 Å². The van der Waals surface area contributed by atoms with Gasteiger partial charge in [-0.05, 0) is 109 Å². The molecule has 288 valence electrons. The zero-order chi connectivity index (χ0) is 40.8. The molecule has 0 aliphatic rings. The Morgan fingerprint density at radius 1 is 0.180 bits per heavy atom. The number of hydrogen-bond acceptors (Lipinski definition) is 1. The van der Waals surface area contributed by atoms with Crippen LogP contribution in [-0.2, 0) is 0 Å². The van der Waals surface area contributed by atoms with Crippen molar-refractivity contribution in [3.05, 3.63) is 261 Å². The van der Waals surface area contributed by atoms with E-state index in [2.05, 4.69) is 266 Å². The molecule has 61 heavy (non-hydrogen) atoms. The fourth-order valence-corrected chi connectivity index (χ4v) is 8.49. The van der Waals surface area contributed by atoms with E-state index in [4.69, 9.17) is 0 Å². The average Bonchev–Trinajstić information content (AvgIpc) is 3.35. The molecule has 0 heterocycles. The van der Waals surface area contributed by atoms with Crippen molar-refractivity contribution in [2.75, 3.05) is 4.90 Å². The lowest BCUT2D eigenvalue weighted by Gasteiger charge is -2.29. The summed E-state index contributed by atoms with van der Waals surface area (Å²) in [6.45, 7) is 0. The van der Waals surface area contributed by atoms with Crippen LogP contribution in [0.2, 0.25) is 0 Å². The summed E-state index contributed by atoms with van der Waals surface area (Å²) in [5.74, 6) is 0. The van der Waals surface area contributed by atoms with Gasteiger partial charge in [0.25, 0.3) is 0 Å². The molecule has 0 N–H and O–H groups in total. The molecule has 0 fully saturated rings. The van der Waals surface area contributed by atoms with Crippen molar-refractivity contribution in [1.29, 1.82) is 0 Å². The SMILES string of the molecule is c1ccc(-c2ccc(-c3ccc(N(c4cc(-c5ccccc5)cc(-c5ccccc5)c4)c4ccccc4-c4ccccc4-c4ccccc4-c4ccccc4)cc3)cc2)cc1. The van der Waals surface area contributed by atoms with Crippen LogP contribution in [0.3, 0.4) is 0 Å². The minimum Gasteiger partial charge on any atom is -0.310 e. The molecule has 0 saturated carbocycles. The second kappa shape index (κ2) is 17.1. The average molecular weight is 778 g/mol. The van der Waals surface area contributed by atoms with E-state index in [-0.39, 0.29) is 0 Å². The lowest BCUT2D eigenvalue weighted by Crippen LogP contribution is -2.12. The summed E-state index contributed by atoms with van der Waals surface area (Å²) < 4.78 is 0. The van der Waals surface area contributed by atoms with Gasteiger partial charge in [-0.15, -0.1) is 0 Å².